The lowest BCUT2D eigenvalue weighted by atomic mass is 10.1. The van der Waals surface area contributed by atoms with Gasteiger partial charge in [-0.1, -0.05) is 146 Å². The van der Waals surface area contributed by atoms with Crippen LogP contribution in [0.1, 0.15) is 196 Å². The molecular weight excluding hydrogens is 809 g/mol. The van der Waals surface area contributed by atoms with Crippen LogP contribution in [0.15, 0.2) is 10.2 Å². The zero-order chi connectivity index (χ0) is 47.4. The lowest BCUT2D eigenvalue weighted by Crippen LogP contribution is -2.22. The van der Waals surface area contributed by atoms with Crippen LogP contribution in [0, 0.1) is 72.1 Å². The van der Waals surface area contributed by atoms with Gasteiger partial charge in [-0.3, -0.25) is 9.59 Å². The Morgan fingerprint density at radius 1 is 0.578 bits per heavy atom. The van der Waals surface area contributed by atoms with E-state index in [0.717, 1.165) is 32.1 Å². The van der Waals surface area contributed by atoms with Crippen molar-refractivity contribution in [2.75, 3.05) is 33.0 Å². The number of azide groups is 2. The zero-order valence-corrected chi connectivity index (χ0v) is 39.3. The van der Waals surface area contributed by atoms with Crippen molar-refractivity contribution in [2.45, 2.75) is 206 Å². The Kier molecular flexibility index (Phi) is 48.0. The van der Waals surface area contributed by atoms with Gasteiger partial charge in [-0.2, -0.15) is 0 Å². The molecule has 0 aromatic carbocycles. The molecule has 0 amide bonds. The van der Waals surface area contributed by atoms with E-state index in [2.05, 4.69) is 93.1 Å². The molecule has 13 heteroatoms. The normalized spacial score (nSPS) is 11.5. The van der Waals surface area contributed by atoms with Gasteiger partial charge in [0.25, 0.3) is 0 Å². The minimum Gasteiger partial charge on any atom is -0.461 e. The fourth-order valence-electron chi connectivity index (χ4n) is 5.98. The standard InChI is InChI=1S/C26H39N3O3.C25H37N3O4.10H2/c1-4-7-9-11-12-13-14-16-18-20-26(30)32-25(19-17-15-10-8-5-2)21-22-31-23-24(6-3)28-29-27;1-3-5-7-9-10-11-12-14-16-18-25(30)32-24(17-15-13-8-6-4-2)19-20-31-22-23(21-29)27-28-26;;;;;;;;;;/h2,24-25H,4,6-7,9,11-14,16,18-23H2,1,3H3;2,23-24,29H,3,5,7,9-12,14,16-22H2,1H3;10*1H/t24-,25+;23-,24+;;;;;;;;;;/m00........../s1. The number of unbranched alkanes of at least 4 members (excludes halogenated alkanes) is 16. The summed E-state index contributed by atoms with van der Waals surface area (Å²) in [5, 5.41) is 16.2. The SMILES string of the molecule is C#CC#CC#CC[C@H](CCOC[C@H](CC)N=[N+]=[N-])OC(=O)CCCCCCCCCCC.C#CC#CC#CC[C@H](CCOC[C@H](CO)N=[N+]=[N-])OC(=O)CCCCCCCCCCC.[HH].[HH].[HH].[HH].[HH].[HH].[HH].[HH].[HH].[HH]. The Labute approximate surface area is 401 Å². The Morgan fingerprint density at radius 2 is 0.953 bits per heavy atom. The fourth-order valence-corrected chi connectivity index (χ4v) is 5.98. The molecule has 0 rings (SSSR count). The Morgan fingerprint density at radius 3 is 1.31 bits per heavy atom. The number of hydrogen-bond acceptors (Lipinski definition) is 9. The largest absolute Gasteiger partial charge is 0.461 e. The van der Waals surface area contributed by atoms with E-state index in [1.165, 1.54) is 83.5 Å². The molecule has 0 heterocycles. The summed E-state index contributed by atoms with van der Waals surface area (Å²) in [5.74, 6) is 24.9. The predicted octanol–water partition coefficient (Wildman–Crippen LogP) is 13.7. The van der Waals surface area contributed by atoms with E-state index in [1.807, 2.05) is 6.92 Å². The van der Waals surface area contributed by atoms with E-state index >= 15 is 0 Å². The molecule has 0 aliphatic heterocycles. The van der Waals surface area contributed by atoms with E-state index < -0.39 is 12.1 Å². The van der Waals surface area contributed by atoms with Crippen LogP contribution < -0.4 is 0 Å². The molecule has 13 nitrogen and oxygen atoms in total. The highest BCUT2D eigenvalue weighted by Crippen LogP contribution is 2.14. The number of carbonyl (C=O) groups is 2. The lowest BCUT2D eigenvalue weighted by molar-refractivity contribution is -0.150. The molecular formula is C51H96N6O7. The number of nitrogens with zero attached hydrogens (tertiary/aromatic N) is 6. The number of ether oxygens (including phenoxy) is 4. The lowest BCUT2D eigenvalue weighted by Gasteiger charge is -2.16. The first-order valence-corrected chi connectivity index (χ1v) is 23.5. The predicted molar refractivity (Wildman–Crippen MR) is 277 cm³/mol. The summed E-state index contributed by atoms with van der Waals surface area (Å²) in [5.41, 5.74) is 17.0. The van der Waals surface area contributed by atoms with Gasteiger partial charge in [-0.05, 0) is 77.7 Å². The average molecular weight is 905 g/mol. The maximum Gasteiger partial charge on any atom is 0.306 e. The minimum atomic E-state index is -0.633. The Bertz CT molecular complexity index is 1570. The summed E-state index contributed by atoms with van der Waals surface area (Å²) >= 11 is 0. The highest BCUT2D eigenvalue weighted by Gasteiger charge is 2.16. The topological polar surface area (TPSA) is 189 Å². The molecule has 372 valence electrons. The molecule has 1 N–H and O–H groups in total. The third kappa shape index (κ3) is 44.8. The molecule has 0 aromatic heterocycles. The van der Waals surface area contributed by atoms with Crippen molar-refractivity contribution in [3.05, 3.63) is 20.9 Å². The Hall–Kier alpha value is -5.20. The Balaban J connectivity index is -0.0000000915. The number of hydrogen-bond donors (Lipinski definition) is 1. The third-order valence-electron chi connectivity index (χ3n) is 9.70. The van der Waals surface area contributed by atoms with Crippen molar-refractivity contribution in [3.63, 3.8) is 0 Å². The van der Waals surface area contributed by atoms with E-state index in [-0.39, 0.29) is 58.2 Å². The minimum absolute atomic E-state index is 0. The molecule has 0 saturated carbocycles. The zero-order valence-electron chi connectivity index (χ0n) is 39.3. The van der Waals surface area contributed by atoms with Gasteiger partial charge in [0.05, 0.1) is 45.1 Å². The first kappa shape index (κ1) is 60.9. The van der Waals surface area contributed by atoms with Crippen molar-refractivity contribution in [1.82, 2.24) is 0 Å². The molecule has 0 aliphatic rings. The van der Waals surface area contributed by atoms with Crippen LogP contribution in [0.5, 0.6) is 0 Å². The number of terminal acetylenes is 2. The van der Waals surface area contributed by atoms with E-state index in [9.17, 15) is 9.59 Å². The summed E-state index contributed by atoms with van der Waals surface area (Å²) in [7, 11) is 0. The van der Waals surface area contributed by atoms with Crippen LogP contribution in [0.2, 0.25) is 0 Å². The maximum absolute atomic E-state index is 12.2. The summed E-state index contributed by atoms with van der Waals surface area (Å²) in [6.07, 6.45) is 34.0. The number of aliphatic hydroxyl groups excluding tert-OH is 1. The molecule has 0 aliphatic carbocycles. The van der Waals surface area contributed by atoms with Crippen molar-refractivity contribution < 1.29 is 47.9 Å². The molecule has 0 spiro atoms. The number of rotatable bonds is 38. The van der Waals surface area contributed by atoms with Gasteiger partial charge in [-0.25, -0.2) is 0 Å². The highest BCUT2D eigenvalue weighted by molar-refractivity contribution is 5.69. The molecule has 0 bridgehead atoms. The van der Waals surface area contributed by atoms with Crippen LogP contribution >= 0.6 is 0 Å². The first-order chi connectivity index (χ1) is 31.3. The van der Waals surface area contributed by atoms with Crippen LogP contribution in [-0.2, 0) is 28.5 Å². The summed E-state index contributed by atoms with van der Waals surface area (Å²) in [6, 6.07) is -0.821. The van der Waals surface area contributed by atoms with Crippen LogP contribution in [-0.4, -0.2) is 74.4 Å². The number of carbonyl (C=O) groups excluding carboxylic acids is 2. The van der Waals surface area contributed by atoms with Crippen molar-refractivity contribution in [3.8, 4) is 72.1 Å². The van der Waals surface area contributed by atoms with Crippen molar-refractivity contribution >= 4 is 11.9 Å². The van der Waals surface area contributed by atoms with Gasteiger partial charge in [0.1, 0.15) is 12.2 Å². The monoisotopic (exact) mass is 905 g/mol. The molecule has 0 fully saturated rings. The molecule has 4 atom stereocenters. The van der Waals surface area contributed by atoms with Crippen molar-refractivity contribution in [2.24, 2.45) is 10.2 Å². The second kappa shape index (κ2) is 50.4. The van der Waals surface area contributed by atoms with Gasteiger partial charge >= 0.3 is 11.9 Å². The van der Waals surface area contributed by atoms with E-state index in [4.69, 9.17) is 48.0 Å². The van der Waals surface area contributed by atoms with Crippen molar-refractivity contribution in [1.29, 1.82) is 0 Å². The first-order valence-electron chi connectivity index (χ1n) is 23.5. The second-order valence-corrected chi connectivity index (χ2v) is 15.2. The molecule has 0 unspecified atom stereocenters. The third-order valence-corrected chi connectivity index (χ3v) is 9.70. The maximum atomic E-state index is 12.2. The molecule has 0 saturated heterocycles. The number of esters is 2. The fraction of sp³-hybridized carbons (Fsp3) is 0.725. The molecule has 0 radical (unpaired) electrons. The van der Waals surface area contributed by atoms with Crippen LogP contribution in [0.3, 0.4) is 0 Å². The summed E-state index contributed by atoms with van der Waals surface area (Å²) in [6.45, 7) is 7.21. The average Bonchev–Trinajstić information content (AvgIpc) is 3.29. The second-order valence-electron chi connectivity index (χ2n) is 15.2. The van der Waals surface area contributed by atoms with Gasteiger partial charge < -0.3 is 24.1 Å². The van der Waals surface area contributed by atoms with Gasteiger partial charge in [0.15, 0.2) is 0 Å². The van der Waals surface area contributed by atoms with Gasteiger partial charge in [0.2, 0.25) is 0 Å². The van der Waals surface area contributed by atoms with E-state index in [0.29, 0.717) is 58.2 Å². The number of aliphatic hydroxyl groups is 1. The summed E-state index contributed by atoms with van der Waals surface area (Å²) in [4.78, 5) is 29.9. The van der Waals surface area contributed by atoms with Gasteiger partial charge in [-0.15, -0.1) is 12.8 Å². The van der Waals surface area contributed by atoms with Gasteiger partial charge in [0, 0.05) is 62.6 Å². The quantitative estimate of drug-likeness (QED) is 0.0159. The summed E-state index contributed by atoms with van der Waals surface area (Å²) < 4.78 is 22.2. The molecule has 64 heavy (non-hydrogen) atoms. The van der Waals surface area contributed by atoms with Crippen LogP contribution in [0.4, 0.5) is 0 Å². The van der Waals surface area contributed by atoms with Crippen LogP contribution in [0.25, 0.3) is 20.9 Å². The highest BCUT2D eigenvalue weighted by atomic mass is 16.6. The molecule has 0 aromatic rings. The smallest absolute Gasteiger partial charge is 0.306 e. The van der Waals surface area contributed by atoms with E-state index in [1.54, 1.807) is 0 Å².